The third-order valence-electron chi connectivity index (χ3n) is 7.76. The van der Waals surface area contributed by atoms with E-state index in [4.69, 9.17) is 0 Å². The highest BCUT2D eigenvalue weighted by atomic mass is 16.4. The Bertz CT molecular complexity index is 1410. The molecule has 2 aromatic carbocycles. The summed E-state index contributed by atoms with van der Waals surface area (Å²) in [5.41, 5.74) is 0.642. The second-order valence-corrected chi connectivity index (χ2v) is 9.69. The van der Waals surface area contributed by atoms with Crippen LogP contribution >= 0.6 is 0 Å². The van der Waals surface area contributed by atoms with Crippen molar-refractivity contribution >= 4 is 45.6 Å². The van der Waals surface area contributed by atoms with Crippen molar-refractivity contribution in [1.29, 1.82) is 0 Å². The molecule has 4 atom stereocenters. The van der Waals surface area contributed by atoms with Gasteiger partial charge in [0.1, 0.15) is 5.54 Å². The van der Waals surface area contributed by atoms with Crippen molar-refractivity contribution in [2.45, 2.75) is 51.2 Å². The van der Waals surface area contributed by atoms with Crippen molar-refractivity contribution in [1.82, 2.24) is 14.8 Å². The van der Waals surface area contributed by atoms with Crippen molar-refractivity contribution in [3.8, 4) is 0 Å². The number of unbranched alkanes of at least 4 members (excludes halogenated alkanes) is 1. The molecule has 2 aliphatic heterocycles. The minimum atomic E-state index is -2.08. The fourth-order valence-corrected chi connectivity index (χ4v) is 6.16. The monoisotopic (exact) mass is 491 g/mol. The van der Waals surface area contributed by atoms with E-state index in [-0.39, 0.29) is 6.54 Å². The van der Waals surface area contributed by atoms with Crippen LogP contribution in [0.3, 0.4) is 0 Å². The highest BCUT2D eigenvalue weighted by Gasteiger charge is 2.68. The minimum Gasteiger partial charge on any atom is -0.481 e. The van der Waals surface area contributed by atoms with Gasteiger partial charge in [0, 0.05) is 40.9 Å². The molecule has 0 saturated carbocycles. The molecule has 0 bridgehead atoms. The zero-order valence-corrected chi connectivity index (χ0v) is 20.2. The van der Waals surface area contributed by atoms with Crippen LogP contribution in [0.25, 0.3) is 21.8 Å². The number of carboxylic acid groups (broad SMARTS) is 2. The summed E-state index contributed by atoms with van der Waals surface area (Å²) < 4.78 is 2.18. The smallest absolute Gasteiger partial charge is 0.325 e. The van der Waals surface area contributed by atoms with E-state index in [1.807, 2.05) is 49.4 Å². The Morgan fingerprint density at radius 3 is 2.39 bits per heavy atom. The number of imide groups is 1. The number of carbonyl (C=O) groups excluding carboxylic acids is 2. The number of hydrogen-bond acceptors (Lipinski definition) is 5. The zero-order chi connectivity index (χ0) is 25.8. The van der Waals surface area contributed by atoms with E-state index in [1.54, 1.807) is 0 Å². The van der Waals surface area contributed by atoms with Gasteiger partial charge in [0.05, 0.1) is 18.3 Å². The van der Waals surface area contributed by atoms with Gasteiger partial charge in [0.25, 0.3) is 0 Å². The lowest BCUT2D eigenvalue weighted by molar-refractivity contribution is -0.156. The molecule has 2 amide bonds. The lowest BCUT2D eigenvalue weighted by Crippen LogP contribution is -2.57. The van der Waals surface area contributed by atoms with Gasteiger partial charge in [-0.2, -0.15) is 0 Å². The normalized spacial score (nSPS) is 25.7. The van der Waals surface area contributed by atoms with Crippen LogP contribution < -0.4 is 5.32 Å². The first-order valence-electron chi connectivity index (χ1n) is 12.3. The van der Waals surface area contributed by atoms with Crippen LogP contribution in [0.1, 0.15) is 44.7 Å². The SMILES string of the molecule is CCCCN1C(=O)C2C(c3ccc4c(c3)c3ccccc3n4CC)NC(CC(=O)O)(C(=O)O)C2C1=O. The molecule has 4 unspecified atom stereocenters. The fourth-order valence-electron chi connectivity index (χ4n) is 6.16. The van der Waals surface area contributed by atoms with Crippen molar-refractivity contribution in [3.05, 3.63) is 48.0 Å². The quantitative estimate of drug-likeness (QED) is 0.413. The highest BCUT2D eigenvalue weighted by Crippen LogP contribution is 2.50. The summed E-state index contributed by atoms with van der Waals surface area (Å²) in [4.78, 5) is 52.4. The summed E-state index contributed by atoms with van der Waals surface area (Å²) in [6, 6.07) is 12.9. The number of rotatable bonds is 8. The molecule has 1 aromatic heterocycles. The van der Waals surface area contributed by atoms with E-state index in [9.17, 15) is 29.4 Å². The molecule has 2 saturated heterocycles. The molecule has 9 nitrogen and oxygen atoms in total. The van der Waals surface area contributed by atoms with Crippen molar-refractivity contribution < 1.29 is 29.4 Å². The number of aliphatic carboxylic acids is 2. The van der Waals surface area contributed by atoms with Crippen LogP contribution in [0.5, 0.6) is 0 Å². The number of benzene rings is 2. The molecular formula is C27H29N3O6. The molecule has 3 heterocycles. The van der Waals surface area contributed by atoms with Gasteiger partial charge in [-0.25, -0.2) is 0 Å². The number of aryl methyl sites for hydroxylation is 1. The largest absolute Gasteiger partial charge is 0.481 e. The van der Waals surface area contributed by atoms with Crippen molar-refractivity contribution in [3.63, 3.8) is 0 Å². The second-order valence-electron chi connectivity index (χ2n) is 9.69. The maximum Gasteiger partial charge on any atom is 0.325 e. The molecule has 2 aliphatic rings. The molecule has 0 spiro atoms. The number of carboxylic acids is 2. The average Bonchev–Trinajstić information content (AvgIpc) is 3.45. The van der Waals surface area contributed by atoms with Gasteiger partial charge < -0.3 is 14.8 Å². The summed E-state index contributed by atoms with van der Waals surface area (Å²) in [5.74, 6) is -6.14. The Morgan fingerprint density at radius 1 is 1.00 bits per heavy atom. The molecule has 0 aliphatic carbocycles. The van der Waals surface area contributed by atoms with E-state index in [2.05, 4.69) is 16.8 Å². The van der Waals surface area contributed by atoms with E-state index in [0.29, 0.717) is 12.0 Å². The molecule has 0 radical (unpaired) electrons. The summed E-state index contributed by atoms with van der Waals surface area (Å²) in [5, 5.41) is 24.8. The van der Waals surface area contributed by atoms with Gasteiger partial charge >= 0.3 is 11.9 Å². The second kappa shape index (κ2) is 8.74. The predicted molar refractivity (Wildman–Crippen MR) is 132 cm³/mol. The van der Waals surface area contributed by atoms with Crippen molar-refractivity contribution in [2.24, 2.45) is 11.8 Å². The lowest BCUT2D eigenvalue weighted by Gasteiger charge is -2.29. The third kappa shape index (κ3) is 3.33. The zero-order valence-electron chi connectivity index (χ0n) is 20.2. The number of hydrogen-bond donors (Lipinski definition) is 3. The first kappa shape index (κ1) is 24.0. The fraction of sp³-hybridized carbons (Fsp3) is 0.407. The van der Waals surface area contributed by atoms with Gasteiger partial charge in [-0.05, 0) is 37.1 Å². The highest BCUT2D eigenvalue weighted by molar-refractivity contribution is 6.11. The first-order valence-corrected chi connectivity index (χ1v) is 12.3. The number of fused-ring (bicyclic) bond motifs is 4. The van der Waals surface area contributed by atoms with Gasteiger partial charge in [-0.1, -0.05) is 37.6 Å². The Morgan fingerprint density at radius 2 is 1.72 bits per heavy atom. The van der Waals surface area contributed by atoms with Gasteiger partial charge in [-0.3, -0.25) is 29.4 Å². The molecule has 36 heavy (non-hydrogen) atoms. The number of nitrogens with one attached hydrogen (secondary N) is 1. The van der Waals surface area contributed by atoms with Crippen LogP contribution in [0.15, 0.2) is 42.5 Å². The number of amides is 2. The Labute approximate surface area is 207 Å². The minimum absolute atomic E-state index is 0.194. The number of likely N-dealkylation sites (tertiary alicyclic amines) is 1. The molecule has 9 heteroatoms. The van der Waals surface area contributed by atoms with Crippen LogP contribution in [-0.2, 0) is 25.7 Å². The lowest BCUT2D eigenvalue weighted by atomic mass is 9.77. The summed E-state index contributed by atoms with van der Waals surface area (Å²) >= 11 is 0. The maximum atomic E-state index is 13.5. The number of para-hydroxylation sites is 1. The van der Waals surface area contributed by atoms with E-state index in [0.717, 1.165) is 39.7 Å². The number of nitrogens with zero attached hydrogens (tertiary/aromatic N) is 2. The predicted octanol–water partition coefficient (Wildman–Crippen LogP) is 3.16. The van der Waals surface area contributed by atoms with Crippen LogP contribution in [0.4, 0.5) is 0 Å². The topological polar surface area (TPSA) is 129 Å². The summed E-state index contributed by atoms with van der Waals surface area (Å²) in [6.45, 7) is 4.95. The third-order valence-corrected chi connectivity index (χ3v) is 7.76. The Balaban J connectivity index is 1.68. The first-order chi connectivity index (χ1) is 17.2. The standard InChI is InChI=1S/C27H29N3O6/c1-3-5-12-30-24(33)21-22(25(30)34)27(26(35)36,14-20(31)32)28-23(21)15-10-11-19-17(13-15)16-8-6-7-9-18(16)29(19)4-2/h6-11,13,21-23,28H,3-5,12,14H2,1-2H3,(H,31,32)(H,35,36). The summed E-state index contributed by atoms with van der Waals surface area (Å²) in [6.07, 6.45) is 0.542. The van der Waals surface area contributed by atoms with Crippen LogP contribution in [0.2, 0.25) is 0 Å². The number of aromatic nitrogens is 1. The molecule has 3 N–H and O–H groups in total. The van der Waals surface area contributed by atoms with Gasteiger partial charge in [-0.15, -0.1) is 0 Å². The van der Waals surface area contributed by atoms with Crippen LogP contribution in [0, 0.1) is 11.8 Å². The van der Waals surface area contributed by atoms with Gasteiger partial charge in [0.15, 0.2) is 0 Å². The van der Waals surface area contributed by atoms with Crippen LogP contribution in [-0.4, -0.2) is 55.5 Å². The molecular weight excluding hydrogens is 462 g/mol. The van der Waals surface area contributed by atoms with Gasteiger partial charge in [0.2, 0.25) is 11.8 Å². The van der Waals surface area contributed by atoms with E-state index < -0.39 is 53.6 Å². The molecule has 5 rings (SSSR count). The number of carbonyl (C=O) groups is 4. The maximum absolute atomic E-state index is 13.5. The van der Waals surface area contributed by atoms with E-state index >= 15 is 0 Å². The van der Waals surface area contributed by atoms with E-state index in [1.165, 1.54) is 0 Å². The Hall–Kier alpha value is -3.72. The molecule has 3 aromatic rings. The molecule has 188 valence electrons. The Kier molecular flexibility index (Phi) is 5.83. The molecule has 2 fully saturated rings. The average molecular weight is 492 g/mol. The summed E-state index contributed by atoms with van der Waals surface area (Å²) in [7, 11) is 0. The van der Waals surface area contributed by atoms with Crippen molar-refractivity contribution in [2.75, 3.05) is 6.54 Å².